The van der Waals surface area contributed by atoms with Crippen molar-refractivity contribution in [2.75, 3.05) is 0 Å². The van der Waals surface area contributed by atoms with Gasteiger partial charge in [0, 0.05) is 18.0 Å². The van der Waals surface area contributed by atoms with Gasteiger partial charge in [0.1, 0.15) is 0 Å². The number of hydrogen-bond donors (Lipinski definition) is 0. The molecule has 0 aliphatic heterocycles. The Hall–Kier alpha value is -1.91. The lowest BCUT2D eigenvalue weighted by Gasteiger charge is -2.20. The van der Waals surface area contributed by atoms with Crippen LogP contribution in [0.2, 0.25) is 0 Å². The molecule has 0 bridgehead atoms. The molecule has 0 saturated heterocycles. The monoisotopic (exact) mass is 279 g/mol. The lowest BCUT2D eigenvalue weighted by molar-refractivity contribution is -0.173. The van der Waals surface area contributed by atoms with Crippen molar-refractivity contribution >= 4 is 11.9 Å². The topological polar surface area (TPSA) is 65.5 Å². The number of rotatable bonds is 6. The van der Waals surface area contributed by atoms with Crippen molar-refractivity contribution in [2.24, 2.45) is 5.92 Å². The average Bonchev–Trinajstić information content (AvgIpc) is 2.44. The zero-order valence-corrected chi connectivity index (χ0v) is 12.3. The summed E-state index contributed by atoms with van der Waals surface area (Å²) >= 11 is 0. The van der Waals surface area contributed by atoms with E-state index in [1.54, 1.807) is 39.1 Å². The van der Waals surface area contributed by atoms with Gasteiger partial charge >= 0.3 is 11.9 Å². The first-order chi connectivity index (χ1) is 9.45. The molecule has 5 nitrogen and oxygen atoms in total. The lowest BCUT2D eigenvalue weighted by Crippen LogP contribution is -2.26. The summed E-state index contributed by atoms with van der Waals surface area (Å²) in [6, 6.07) is 3.37. The van der Waals surface area contributed by atoms with E-state index < -0.39 is 18.0 Å². The number of aromatic nitrogens is 1. The van der Waals surface area contributed by atoms with Crippen LogP contribution < -0.4 is 0 Å². The number of hydrogen-bond acceptors (Lipinski definition) is 5. The molecule has 0 aliphatic rings. The van der Waals surface area contributed by atoms with Crippen molar-refractivity contribution in [1.29, 1.82) is 0 Å². The summed E-state index contributed by atoms with van der Waals surface area (Å²) in [5.74, 6) is -1.33. The van der Waals surface area contributed by atoms with Gasteiger partial charge in [0.25, 0.3) is 0 Å². The standard InChI is InChI=1S/C15H21NO4/c1-5-11(4)19-15(18)13(20-14(17)10(2)3)12-7-6-8-16-9-12/h6-11,13H,5H2,1-4H3. The lowest BCUT2D eigenvalue weighted by atomic mass is 10.1. The molecule has 0 spiro atoms. The van der Waals surface area contributed by atoms with E-state index in [0.29, 0.717) is 12.0 Å². The van der Waals surface area contributed by atoms with E-state index in [1.165, 1.54) is 6.20 Å². The quantitative estimate of drug-likeness (QED) is 0.749. The number of nitrogens with zero attached hydrogens (tertiary/aromatic N) is 1. The van der Waals surface area contributed by atoms with Crippen molar-refractivity contribution in [3.05, 3.63) is 30.1 Å². The van der Waals surface area contributed by atoms with Crippen LogP contribution in [0.4, 0.5) is 0 Å². The van der Waals surface area contributed by atoms with E-state index in [0.717, 1.165) is 0 Å². The first-order valence-corrected chi connectivity index (χ1v) is 6.76. The van der Waals surface area contributed by atoms with E-state index in [-0.39, 0.29) is 12.0 Å². The minimum Gasteiger partial charge on any atom is -0.460 e. The van der Waals surface area contributed by atoms with Crippen molar-refractivity contribution in [3.8, 4) is 0 Å². The van der Waals surface area contributed by atoms with E-state index in [9.17, 15) is 9.59 Å². The van der Waals surface area contributed by atoms with Gasteiger partial charge in [-0.3, -0.25) is 9.78 Å². The van der Waals surface area contributed by atoms with Crippen LogP contribution in [0.1, 0.15) is 45.8 Å². The second kappa shape index (κ2) is 7.62. The molecule has 0 amide bonds. The maximum absolute atomic E-state index is 12.1. The predicted octanol–water partition coefficient (Wildman–Crippen LogP) is 2.66. The molecule has 1 aromatic rings. The SMILES string of the molecule is CCC(C)OC(=O)C(OC(=O)C(C)C)c1cccnc1. The van der Waals surface area contributed by atoms with Crippen LogP contribution in [0.15, 0.2) is 24.5 Å². The highest BCUT2D eigenvalue weighted by atomic mass is 16.6. The molecule has 110 valence electrons. The minimum absolute atomic E-state index is 0.223. The number of pyridine rings is 1. The Morgan fingerprint density at radius 3 is 2.40 bits per heavy atom. The molecule has 1 heterocycles. The summed E-state index contributed by atoms with van der Waals surface area (Å²) in [5.41, 5.74) is 0.509. The zero-order valence-electron chi connectivity index (χ0n) is 12.3. The molecule has 0 N–H and O–H groups in total. The van der Waals surface area contributed by atoms with Gasteiger partial charge in [-0.1, -0.05) is 26.8 Å². The Bertz CT molecular complexity index is 444. The minimum atomic E-state index is -1.06. The van der Waals surface area contributed by atoms with Gasteiger partial charge in [0.2, 0.25) is 6.10 Å². The van der Waals surface area contributed by atoms with E-state index >= 15 is 0 Å². The van der Waals surface area contributed by atoms with E-state index in [1.807, 2.05) is 6.92 Å². The molecule has 0 saturated carbocycles. The Morgan fingerprint density at radius 2 is 1.90 bits per heavy atom. The first kappa shape index (κ1) is 16.1. The highest BCUT2D eigenvalue weighted by molar-refractivity contribution is 5.81. The average molecular weight is 279 g/mol. The Labute approximate surface area is 119 Å². The summed E-state index contributed by atoms with van der Waals surface area (Å²) < 4.78 is 10.5. The smallest absolute Gasteiger partial charge is 0.352 e. The van der Waals surface area contributed by atoms with Gasteiger partial charge in [-0.25, -0.2) is 4.79 Å². The first-order valence-electron chi connectivity index (χ1n) is 6.76. The maximum Gasteiger partial charge on any atom is 0.352 e. The van der Waals surface area contributed by atoms with Gasteiger partial charge in [0.05, 0.1) is 12.0 Å². The van der Waals surface area contributed by atoms with Crippen LogP contribution in [-0.4, -0.2) is 23.0 Å². The zero-order chi connectivity index (χ0) is 15.1. The third-order valence-electron chi connectivity index (χ3n) is 2.80. The van der Waals surface area contributed by atoms with Crippen LogP contribution >= 0.6 is 0 Å². The molecule has 1 aromatic heterocycles. The normalized spacial score (nSPS) is 13.7. The van der Waals surface area contributed by atoms with Gasteiger partial charge in [0.15, 0.2) is 0 Å². The second-order valence-corrected chi connectivity index (χ2v) is 4.91. The fourth-order valence-corrected chi connectivity index (χ4v) is 1.38. The molecule has 5 heteroatoms. The van der Waals surface area contributed by atoms with Gasteiger partial charge in [-0.2, -0.15) is 0 Å². The van der Waals surface area contributed by atoms with Crippen molar-refractivity contribution in [3.63, 3.8) is 0 Å². The highest BCUT2D eigenvalue weighted by Crippen LogP contribution is 2.21. The third-order valence-corrected chi connectivity index (χ3v) is 2.80. The summed E-state index contributed by atoms with van der Waals surface area (Å²) in [6.45, 7) is 7.13. The molecule has 2 unspecified atom stereocenters. The largest absolute Gasteiger partial charge is 0.460 e. The van der Waals surface area contributed by atoms with Crippen molar-refractivity contribution in [1.82, 2.24) is 4.98 Å². The fourth-order valence-electron chi connectivity index (χ4n) is 1.38. The van der Waals surface area contributed by atoms with Crippen molar-refractivity contribution < 1.29 is 19.1 Å². The fraction of sp³-hybridized carbons (Fsp3) is 0.533. The summed E-state index contributed by atoms with van der Waals surface area (Å²) in [6.07, 6.45) is 2.50. The Kier molecular flexibility index (Phi) is 6.15. The molecule has 20 heavy (non-hydrogen) atoms. The summed E-state index contributed by atoms with van der Waals surface area (Å²) in [5, 5.41) is 0. The molecule has 0 aliphatic carbocycles. The third kappa shape index (κ3) is 4.64. The molecule has 1 rings (SSSR count). The number of esters is 2. The molecule has 0 radical (unpaired) electrons. The molecule has 2 atom stereocenters. The van der Waals surface area contributed by atoms with Gasteiger partial charge in [-0.05, 0) is 19.4 Å². The van der Waals surface area contributed by atoms with Gasteiger partial charge < -0.3 is 9.47 Å². The summed E-state index contributed by atoms with van der Waals surface area (Å²) in [7, 11) is 0. The molecule has 0 aromatic carbocycles. The number of carbonyl (C=O) groups is 2. The van der Waals surface area contributed by atoms with Crippen LogP contribution in [0.25, 0.3) is 0 Å². The van der Waals surface area contributed by atoms with Crippen molar-refractivity contribution in [2.45, 2.75) is 46.3 Å². The summed E-state index contributed by atoms with van der Waals surface area (Å²) in [4.78, 5) is 27.8. The van der Waals surface area contributed by atoms with E-state index in [2.05, 4.69) is 4.98 Å². The second-order valence-electron chi connectivity index (χ2n) is 4.91. The van der Waals surface area contributed by atoms with Gasteiger partial charge in [-0.15, -0.1) is 0 Å². The maximum atomic E-state index is 12.1. The van der Waals surface area contributed by atoms with Crippen LogP contribution in [0.5, 0.6) is 0 Å². The highest BCUT2D eigenvalue weighted by Gasteiger charge is 2.28. The van der Waals surface area contributed by atoms with Crippen LogP contribution in [0, 0.1) is 5.92 Å². The molecule has 0 fully saturated rings. The Balaban J connectivity index is 2.90. The van der Waals surface area contributed by atoms with Crippen LogP contribution in [0.3, 0.4) is 0 Å². The number of ether oxygens (including phenoxy) is 2. The number of carbonyl (C=O) groups excluding carboxylic acids is 2. The molecular formula is C15H21NO4. The van der Waals surface area contributed by atoms with Crippen LogP contribution in [-0.2, 0) is 19.1 Å². The Morgan fingerprint density at radius 1 is 1.20 bits per heavy atom. The van der Waals surface area contributed by atoms with E-state index in [4.69, 9.17) is 9.47 Å². The molecular weight excluding hydrogens is 258 g/mol. The predicted molar refractivity (Wildman–Crippen MR) is 73.8 cm³/mol.